The van der Waals surface area contributed by atoms with Crippen molar-refractivity contribution in [3.63, 3.8) is 0 Å². The smallest absolute Gasteiger partial charge is 0.262 e. The molecule has 4 aromatic heterocycles. The lowest BCUT2D eigenvalue weighted by molar-refractivity contribution is 0.102. The van der Waals surface area contributed by atoms with Crippen LogP contribution in [0.4, 0.5) is 11.6 Å². The predicted octanol–water partition coefficient (Wildman–Crippen LogP) is 2.38. The monoisotopic (exact) mass is 345 g/mol. The third kappa shape index (κ3) is 3.34. The molecule has 2 N–H and O–H groups in total. The molecule has 1 amide bonds. The van der Waals surface area contributed by atoms with E-state index in [-0.39, 0.29) is 5.91 Å². The van der Waals surface area contributed by atoms with Gasteiger partial charge in [-0.1, -0.05) is 12.1 Å². The summed E-state index contributed by atoms with van der Waals surface area (Å²) in [6, 6.07) is 12.8. The number of pyridine rings is 2. The van der Waals surface area contributed by atoms with E-state index in [1.165, 1.54) is 6.20 Å². The molecule has 0 atom stereocenters. The number of aromatic nitrogens is 5. The summed E-state index contributed by atoms with van der Waals surface area (Å²) in [6.07, 6.45) is 6.60. The van der Waals surface area contributed by atoms with Crippen molar-refractivity contribution >= 4 is 23.2 Å². The SMILES string of the molecule is O=C(Nc1ccccn1)c1cnn2ccc(NCc3ccccn3)nc12. The van der Waals surface area contributed by atoms with Gasteiger partial charge in [-0.2, -0.15) is 5.10 Å². The van der Waals surface area contributed by atoms with Crippen molar-refractivity contribution in [2.45, 2.75) is 6.54 Å². The maximum atomic E-state index is 12.5. The molecule has 0 unspecified atom stereocenters. The average molecular weight is 345 g/mol. The molecule has 4 rings (SSSR count). The first-order valence-corrected chi connectivity index (χ1v) is 8.00. The van der Waals surface area contributed by atoms with Gasteiger partial charge < -0.3 is 10.6 Å². The summed E-state index contributed by atoms with van der Waals surface area (Å²) in [4.78, 5) is 25.3. The first kappa shape index (κ1) is 15.7. The molecule has 0 fully saturated rings. The second-order valence-corrected chi connectivity index (χ2v) is 5.48. The highest BCUT2D eigenvalue weighted by molar-refractivity contribution is 6.07. The van der Waals surface area contributed by atoms with E-state index in [0.717, 1.165) is 5.69 Å². The zero-order valence-corrected chi connectivity index (χ0v) is 13.7. The lowest BCUT2D eigenvalue weighted by Gasteiger charge is -2.06. The second kappa shape index (κ2) is 6.98. The summed E-state index contributed by atoms with van der Waals surface area (Å²) >= 11 is 0. The second-order valence-electron chi connectivity index (χ2n) is 5.48. The van der Waals surface area contributed by atoms with Gasteiger partial charge in [-0.15, -0.1) is 0 Å². The molecule has 0 bridgehead atoms. The Morgan fingerprint density at radius 1 is 1.00 bits per heavy atom. The largest absolute Gasteiger partial charge is 0.364 e. The Balaban J connectivity index is 1.55. The Hall–Kier alpha value is -3.81. The molecule has 26 heavy (non-hydrogen) atoms. The first-order chi connectivity index (χ1) is 12.8. The van der Waals surface area contributed by atoms with Crippen molar-refractivity contribution in [2.75, 3.05) is 10.6 Å². The van der Waals surface area contributed by atoms with Crippen molar-refractivity contribution < 1.29 is 4.79 Å². The van der Waals surface area contributed by atoms with E-state index in [4.69, 9.17) is 0 Å². The van der Waals surface area contributed by atoms with Crippen molar-refractivity contribution in [3.05, 3.63) is 78.5 Å². The van der Waals surface area contributed by atoms with Gasteiger partial charge >= 0.3 is 0 Å². The van der Waals surface area contributed by atoms with E-state index in [1.54, 1.807) is 47.4 Å². The van der Waals surface area contributed by atoms with Crippen LogP contribution in [0.1, 0.15) is 16.1 Å². The minimum atomic E-state index is -0.312. The fourth-order valence-corrected chi connectivity index (χ4v) is 2.43. The zero-order chi connectivity index (χ0) is 17.8. The van der Waals surface area contributed by atoms with E-state index >= 15 is 0 Å². The zero-order valence-electron chi connectivity index (χ0n) is 13.7. The lowest BCUT2D eigenvalue weighted by atomic mass is 10.3. The Morgan fingerprint density at radius 3 is 2.62 bits per heavy atom. The van der Waals surface area contributed by atoms with Crippen molar-refractivity contribution in [3.8, 4) is 0 Å². The first-order valence-electron chi connectivity index (χ1n) is 8.00. The number of carbonyl (C=O) groups is 1. The Morgan fingerprint density at radius 2 is 1.85 bits per heavy atom. The molecular weight excluding hydrogens is 330 g/mol. The molecule has 4 heterocycles. The summed E-state index contributed by atoms with van der Waals surface area (Å²) in [5, 5.41) is 10.1. The van der Waals surface area contributed by atoms with E-state index < -0.39 is 0 Å². The fourth-order valence-electron chi connectivity index (χ4n) is 2.43. The van der Waals surface area contributed by atoms with Crippen LogP contribution in [0.15, 0.2) is 67.3 Å². The van der Waals surface area contributed by atoms with Gasteiger partial charge in [0, 0.05) is 18.6 Å². The number of rotatable bonds is 5. The van der Waals surface area contributed by atoms with Gasteiger partial charge in [0.05, 0.1) is 18.4 Å². The van der Waals surface area contributed by atoms with Crippen LogP contribution in [0.3, 0.4) is 0 Å². The van der Waals surface area contributed by atoms with Crippen LogP contribution in [0.2, 0.25) is 0 Å². The van der Waals surface area contributed by atoms with Gasteiger partial charge in [-0.3, -0.25) is 9.78 Å². The normalized spacial score (nSPS) is 10.6. The molecule has 0 saturated heterocycles. The maximum Gasteiger partial charge on any atom is 0.262 e. The number of hydrogen-bond acceptors (Lipinski definition) is 6. The fraction of sp³-hybridized carbons (Fsp3) is 0.0556. The standard InChI is InChI=1S/C18H15N7O/c26-18(24-15-6-2-4-9-20-15)14-12-22-25-10-7-16(23-17(14)25)21-11-13-5-1-3-8-19-13/h1-10,12H,11H2,(H,21,23)(H,20,24,26). The number of carbonyl (C=O) groups excluding carboxylic acids is 1. The van der Waals surface area contributed by atoms with E-state index in [9.17, 15) is 4.79 Å². The highest BCUT2D eigenvalue weighted by atomic mass is 16.1. The molecule has 0 aliphatic rings. The maximum absolute atomic E-state index is 12.5. The minimum absolute atomic E-state index is 0.312. The molecule has 4 aromatic rings. The van der Waals surface area contributed by atoms with Gasteiger partial charge in [0.15, 0.2) is 5.65 Å². The average Bonchev–Trinajstić information content (AvgIpc) is 3.11. The summed E-state index contributed by atoms with van der Waals surface area (Å²) in [5.41, 5.74) is 1.73. The number of nitrogens with one attached hydrogen (secondary N) is 2. The van der Waals surface area contributed by atoms with Gasteiger partial charge in [-0.25, -0.2) is 14.5 Å². The summed E-state index contributed by atoms with van der Waals surface area (Å²) in [7, 11) is 0. The molecule has 0 radical (unpaired) electrons. The van der Waals surface area contributed by atoms with E-state index in [2.05, 4.69) is 30.7 Å². The molecule has 0 aliphatic heterocycles. The predicted molar refractivity (Wildman–Crippen MR) is 96.7 cm³/mol. The van der Waals surface area contributed by atoms with Crippen LogP contribution in [0.5, 0.6) is 0 Å². The quantitative estimate of drug-likeness (QED) is 0.576. The number of hydrogen-bond donors (Lipinski definition) is 2. The van der Waals surface area contributed by atoms with Crippen molar-refractivity contribution in [1.29, 1.82) is 0 Å². The van der Waals surface area contributed by atoms with Crippen molar-refractivity contribution in [2.24, 2.45) is 0 Å². The Bertz CT molecular complexity index is 1030. The minimum Gasteiger partial charge on any atom is -0.364 e. The summed E-state index contributed by atoms with van der Waals surface area (Å²) in [5.74, 6) is 0.796. The topological polar surface area (TPSA) is 97.1 Å². The molecule has 8 heteroatoms. The Labute approximate surface area is 149 Å². The summed E-state index contributed by atoms with van der Waals surface area (Å²) < 4.78 is 1.55. The van der Waals surface area contributed by atoms with Crippen LogP contribution >= 0.6 is 0 Å². The van der Waals surface area contributed by atoms with Crippen LogP contribution in [0.25, 0.3) is 5.65 Å². The van der Waals surface area contributed by atoms with Gasteiger partial charge in [0.1, 0.15) is 17.2 Å². The molecule has 8 nitrogen and oxygen atoms in total. The van der Waals surface area contributed by atoms with Crippen LogP contribution in [0, 0.1) is 0 Å². The van der Waals surface area contributed by atoms with Gasteiger partial charge in [0.2, 0.25) is 0 Å². The van der Waals surface area contributed by atoms with Crippen LogP contribution < -0.4 is 10.6 Å². The molecule has 0 saturated carbocycles. The lowest BCUT2D eigenvalue weighted by Crippen LogP contribution is -2.13. The number of anilines is 2. The van der Waals surface area contributed by atoms with Crippen LogP contribution in [-0.4, -0.2) is 30.5 Å². The van der Waals surface area contributed by atoms with Crippen LogP contribution in [-0.2, 0) is 6.54 Å². The third-order valence-electron chi connectivity index (χ3n) is 3.70. The molecule has 0 aliphatic carbocycles. The highest BCUT2D eigenvalue weighted by Crippen LogP contribution is 2.14. The molecular formula is C18H15N7O. The van der Waals surface area contributed by atoms with Gasteiger partial charge in [-0.05, 0) is 30.3 Å². The van der Waals surface area contributed by atoms with E-state index in [1.807, 2.05) is 18.2 Å². The van der Waals surface area contributed by atoms with Gasteiger partial charge in [0.25, 0.3) is 5.91 Å². The summed E-state index contributed by atoms with van der Waals surface area (Å²) in [6.45, 7) is 0.535. The molecule has 0 aromatic carbocycles. The molecule has 0 spiro atoms. The van der Waals surface area contributed by atoms with E-state index in [0.29, 0.717) is 29.4 Å². The number of amides is 1. The Kier molecular flexibility index (Phi) is 4.21. The number of nitrogens with zero attached hydrogens (tertiary/aromatic N) is 5. The highest BCUT2D eigenvalue weighted by Gasteiger charge is 2.15. The van der Waals surface area contributed by atoms with Crippen molar-refractivity contribution in [1.82, 2.24) is 24.6 Å². The number of fused-ring (bicyclic) bond motifs is 1. The third-order valence-corrected chi connectivity index (χ3v) is 3.70. The molecule has 128 valence electrons.